The summed E-state index contributed by atoms with van der Waals surface area (Å²) in [5, 5.41) is 1.11. The minimum atomic E-state index is 0.253. The SMILES string of the molecule is O=C(c1c(-n2cccc2)sc2c1CCSC2)N1CCC(CN2CCOCC2)CC1. The van der Waals surface area contributed by atoms with Gasteiger partial charge in [0.05, 0.1) is 18.8 Å². The zero-order valence-electron chi connectivity index (χ0n) is 16.8. The van der Waals surface area contributed by atoms with Crippen molar-refractivity contribution in [3.8, 4) is 5.00 Å². The molecule has 3 aliphatic heterocycles. The van der Waals surface area contributed by atoms with Crippen molar-refractivity contribution in [1.29, 1.82) is 0 Å². The Morgan fingerprint density at radius 3 is 2.62 bits per heavy atom. The highest BCUT2D eigenvalue weighted by molar-refractivity contribution is 7.98. The first kappa shape index (κ1) is 19.7. The van der Waals surface area contributed by atoms with E-state index in [2.05, 4.69) is 26.8 Å². The van der Waals surface area contributed by atoms with Crippen LogP contribution in [0.5, 0.6) is 0 Å². The summed E-state index contributed by atoms with van der Waals surface area (Å²) in [6, 6.07) is 4.08. The molecule has 0 atom stereocenters. The predicted molar refractivity (Wildman–Crippen MR) is 119 cm³/mol. The fourth-order valence-corrected chi connectivity index (χ4v) is 7.15. The highest BCUT2D eigenvalue weighted by atomic mass is 32.2. The van der Waals surface area contributed by atoms with Crippen molar-refractivity contribution in [2.75, 3.05) is 51.7 Å². The maximum Gasteiger partial charge on any atom is 0.257 e. The van der Waals surface area contributed by atoms with Gasteiger partial charge in [0.25, 0.3) is 5.91 Å². The molecule has 0 radical (unpaired) electrons. The number of carbonyl (C=O) groups is 1. The minimum absolute atomic E-state index is 0.253. The van der Waals surface area contributed by atoms with Crippen LogP contribution in [0.2, 0.25) is 0 Å². The Bertz CT molecular complexity index is 835. The number of thiophene rings is 1. The zero-order chi connectivity index (χ0) is 19.6. The molecule has 0 bridgehead atoms. The van der Waals surface area contributed by atoms with Gasteiger partial charge in [-0.25, -0.2) is 0 Å². The van der Waals surface area contributed by atoms with E-state index in [4.69, 9.17) is 4.74 Å². The molecule has 0 unspecified atom stereocenters. The van der Waals surface area contributed by atoms with Crippen LogP contribution in [0.25, 0.3) is 5.00 Å². The van der Waals surface area contributed by atoms with E-state index in [-0.39, 0.29) is 5.91 Å². The monoisotopic (exact) mass is 431 g/mol. The molecular weight excluding hydrogens is 402 g/mol. The molecule has 2 saturated heterocycles. The van der Waals surface area contributed by atoms with Crippen molar-refractivity contribution >= 4 is 29.0 Å². The maximum absolute atomic E-state index is 13.6. The summed E-state index contributed by atoms with van der Waals surface area (Å²) in [5.74, 6) is 3.12. The number of ether oxygens (including phenoxy) is 1. The zero-order valence-corrected chi connectivity index (χ0v) is 18.5. The maximum atomic E-state index is 13.6. The summed E-state index contributed by atoms with van der Waals surface area (Å²) < 4.78 is 7.60. The van der Waals surface area contributed by atoms with Crippen molar-refractivity contribution < 1.29 is 9.53 Å². The number of nitrogens with zero attached hydrogens (tertiary/aromatic N) is 3. The second-order valence-corrected chi connectivity index (χ2v) is 10.4. The average molecular weight is 432 g/mol. The van der Waals surface area contributed by atoms with Gasteiger partial charge in [-0.2, -0.15) is 11.8 Å². The molecule has 5 nitrogen and oxygen atoms in total. The normalized spacial score (nSPS) is 21.3. The molecule has 5 heterocycles. The van der Waals surface area contributed by atoms with Crippen LogP contribution in [0.1, 0.15) is 33.6 Å². The molecule has 0 saturated carbocycles. The van der Waals surface area contributed by atoms with Crippen molar-refractivity contribution in [3.63, 3.8) is 0 Å². The lowest BCUT2D eigenvalue weighted by Crippen LogP contribution is -2.44. The smallest absolute Gasteiger partial charge is 0.257 e. The third kappa shape index (κ3) is 4.15. The van der Waals surface area contributed by atoms with Crippen LogP contribution in [-0.4, -0.2) is 72.0 Å². The molecule has 2 aromatic rings. The van der Waals surface area contributed by atoms with Crippen molar-refractivity contribution in [2.24, 2.45) is 5.92 Å². The Hall–Kier alpha value is -1.28. The fraction of sp³-hybridized carbons (Fsp3) is 0.591. The lowest BCUT2D eigenvalue weighted by molar-refractivity contribution is 0.0243. The molecule has 0 aromatic carbocycles. The van der Waals surface area contributed by atoms with E-state index < -0.39 is 0 Å². The number of hydrogen-bond acceptors (Lipinski definition) is 5. The first-order chi connectivity index (χ1) is 14.3. The molecule has 156 valence electrons. The first-order valence-corrected chi connectivity index (χ1v) is 12.7. The molecular formula is C22H29N3O2S2. The number of hydrogen-bond donors (Lipinski definition) is 0. The van der Waals surface area contributed by atoms with Gasteiger partial charge in [0, 0.05) is 55.7 Å². The Balaban J connectivity index is 1.30. The van der Waals surface area contributed by atoms with E-state index in [9.17, 15) is 4.79 Å². The lowest BCUT2D eigenvalue weighted by atomic mass is 9.95. The largest absolute Gasteiger partial charge is 0.379 e. The summed E-state index contributed by atoms with van der Waals surface area (Å²) in [6.07, 6.45) is 7.38. The summed E-state index contributed by atoms with van der Waals surface area (Å²) in [7, 11) is 0. The quantitative estimate of drug-likeness (QED) is 0.743. The summed E-state index contributed by atoms with van der Waals surface area (Å²) in [4.78, 5) is 19.7. The Kier molecular flexibility index (Phi) is 5.99. The molecule has 2 aromatic heterocycles. The van der Waals surface area contributed by atoms with Gasteiger partial charge >= 0.3 is 0 Å². The highest BCUT2D eigenvalue weighted by Gasteiger charge is 2.31. The van der Waals surface area contributed by atoms with Gasteiger partial charge in [-0.15, -0.1) is 11.3 Å². The summed E-state index contributed by atoms with van der Waals surface area (Å²) in [6.45, 7) is 6.76. The van der Waals surface area contributed by atoms with Gasteiger partial charge in [-0.05, 0) is 48.6 Å². The minimum Gasteiger partial charge on any atom is -0.379 e. The molecule has 0 spiro atoms. The van der Waals surface area contributed by atoms with Gasteiger partial charge in [0.15, 0.2) is 0 Å². The number of piperidine rings is 1. The first-order valence-electron chi connectivity index (χ1n) is 10.7. The molecule has 0 aliphatic carbocycles. The van der Waals surface area contributed by atoms with Crippen molar-refractivity contribution in [3.05, 3.63) is 40.5 Å². The summed E-state index contributed by atoms with van der Waals surface area (Å²) in [5.41, 5.74) is 2.30. The lowest BCUT2D eigenvalue weighted by Gasteiger charge is -2.36. The third-order valence-electron chi connectivity index (χ3n) is 6.38. The van der Waals surface area contributed by atoms with E-state index in [1.807, 2.05) is 35.2 Å². The summed E-state index contributed by atoms with van der Waals surface area (Å²) >= 11 is 3.80. The molecule has 1 amide bonds. The van der Waals surface area contributed by atoms with Crippen molar-refractivity contribution in [2.45, 2.75) is 25.0 Å². The topological polar surface area (TPSA) is 37.7 Å². The second-order valence-electron chi connectivity index (χ2n) is 8.23. The number of likely N-dealkylation sites (tertiary alicyclic amines) is 1. The second kappa shape index (κ2) is 8.84. The van der Waals surface area contributed by atoms with E-state index in [0.717, 1.165) is 87.3 Å². The highest BCUT2D eigenvalue weighted by Crippen LogP contribution is 2.39. The Morgan fingerprint density at radius 2 is 1.86 bits per heavy atom. The predicted octanol–water partition coefficient (Wildman–Crippen LogP) is 3.51. The number of thioether (sulfide) groups is 1. The Morgan fingerprint density at radius 1 is 1.10 bits per heavy atom. The van der Waals surface area contributed by atoms with Crippen LogP contribution in [0.15, 0.2) is 24.5 Å². The van der Waals surface area contributed by atoms with E-state index >= 15 is 0 Å². The average Bonchev–Trinajstić information content (AvgIpc) is 3.42. The molecule has 5 rings (SSSR count). The number of aromatic nitrogens is 1. The van der Waals surface area contributed by atoms with E-state index in [1.54, 1.807) is 0 Å². The molecule has 7 heteroatoms. The van der Waals surface area contributed by atoms with Gasteiger partial charge in [0.1, 0.15) is 5.00 Å². The van der Waals surface area contributed by atoms with Crippen LogP contribution in [-0.2, 0) is 16.9 Å². The molecule has 3 aliphatic rings. The Labute approximate surface area is 181 Å². The van der Waals surface area contributed by atoms with Crippen LogP contribution in [0.3, 0.4) is 0 Å². The van der Waals surface area contributed by atoms with Gasteiger partial charge in [0.2, 0.25) is 0 Å². The number of carbonyl (C=O) groups excluding carboxylic acids is 1. The van der Waals surface area contributed by atoms with Crippen LogP contribution in [0, 0.1) is 5.92 Å². The van der Waals surface area contributed by atoms with E-state index in [1.165, 1.54) is 10.4 Å². The number of amides is 1. The standard InChI is InChI=1S/C22H29N3O2S2/c26-21(24-8-3-17(4-9-24)15-23-10-12-27-13-11-23)20-18-5-14-28-16-19(18)29-22(20)25-6-1-2-7-25/h1-2,6-7,17H,3-5,8-16H2. The van der Waals surface area contributed by atoms with Gasteiger partial charge < -0.3 is 14.2 Å². The fourth-order valence-electron chi connectivity index (χ4n) is 4.72. The van der Waals surface area contributed by atoms with E-state index in [0.29, 0.717) is 5.92 Å². The third-order valence-corrected chi connectivity index (χ3v) is 8.79. The number of fused-ring (bicyclic) bond motifs is 1. The van der Waals surface area contributed by atoms with Crippen LogP contribution < -0.4 is 0 Å². The molecule has 0 N–H and O–H groups in total. The van der Waals surface area contributed by atoms with Gasteiger partial charge in [-0.1, -0.05) is 0 Å². The molecule has 29 heavy (non-hydrogen) atoms. The van der Waals surface area contributed by atoms with Crippen molar-refractivity contribution in [1.82, 2.24) is 14.4 Å². The van der Waals surface area contributed by atoms with Gasteiger partial charge in [-0.3, -0.25) is 9.69 Å². The number of morpholine rings is 1. The van der Waals surface area contributed by atoms with Crippen LogP contribution >= 0.6 is 23.1 Å². The number of rotatable bonds is 4. The molecule has 2 fully saturated rings. The van der Waals surface area contributed by atoms with Crippen LogP contribution in [0.4, 0.5) is 0 Å².